The zero-order valence-electron chi connectivity index (χ0n) is 28.9. The molecule has 0 bridgehead atoms. The molecular weight excluding hydrogens is 611 g/mol. The second-order valence-electron chi connectivity index (χ2n) is 14.9. The van der Waals surface area contributed by atoms with E-state index in [0.717, 1.165) is 60.0 Å². The van der Waals surface area contributed by atoms with Crippen molar-refractivity contribution < 1.29 is 19.1 Å². The van der Waals surface area contributed by atoms with Crippen LogP contribution in [0.5, 0.6) is 0 Å². The number of piperidine rings is 1. The minimum atomic E-state index is -1.32. The minimum Gasteiger partial charge on any atom is -0.361 e. The summed E-state index contributed by atoms with van der Waals surface area (Å²) in [7, 11) is -0.488. The van der Waals surface area contributed by atoms with Crippen LogP contribution in [0.1, 0.15) is 12.8 Å². The normalized spacial score (nSPS) is 14.8. The third kappa shape index (κ3) is 10.2. The number of likely N-dealkylation sites (tertiary alicyclic amines) is 1. The third-order valence-corrected chi connectivity index (χ3v) is 11.8. The SMILES string of the molecule is C=CC(=O)Nc1cccc(-c2ccc3nn(COCC[Si](C)(C)C)c(N(COCC[Si](C)(C)C)C(=O)C4CCN(C)CC4)c3c2)c1. The van der Waals surface area contributed by atoms with E-state index in [0.29, 0.717) is 24.7 Å². The summed E-state index contributed by atoms with van der Waals surface area (Å²) < 4.78 is 14.3. The van der Waals surface area contributed by atoms with Crippen LogP contribution in [-0.2, 0) is 25.8 Å². The number of nitrogens with zero attached hydrogens (tertiary/aromatic N) is 4. The summed E-state index contributed by atoms with van der Waals surface area (Å²) >= 11 is 0. The first-order chi connectivity index (χ1) is 21.7. The second kappa shape index (κ2) is 15.7. The number of carbonyl (C=O) groups excluding carboxylic acids is 2. The van der Waals surface area contributed by atoms with Gasteiger partial charge in [0.25, 0.3) is 0 Å². The van der Waals surface area contributed by atoms with Gasteiger partial charge in [-0.3, -0.25) is 14.5 Å². The Morgan fingerprint density at radius 2 is 1.63 bits per heavy atom. The first-order valence-corrected chi connectivity index (χ1v) is 23.9. The van der Waals surface area contributed by atoms with Crippen LogP contribution in [0.2, 0.25) is 51.4 Å². The molecule has 3 aromatic rings. The van der Waals surface area contributed by atoms with Crippen LogP contribution in [0.4, 0.5) is 11.5 Å². The fraction of sp³-hybridized carbons (Fsp3) is 0.514. The maximum absolute atomic E-state index is 14.4. The summed E-state index contributed by atoms with van der Waals surface area (Å²) in [4.78, 5) is 30.5. The number of carbonyl (C=O) groups is 2. The van der Waals surface area contributed by atoms with Crippen molar-refractivity contribution in [2.24, 2.45) is 5.92 Å². The van der Waals surface area contributed by atoms with E-state index < -0.39 is 16.1 Å². The molecule has 46 heavy (non-hydrogen) atoms. The van der Waals surface area contributed by atoms with Crippen LogP contribution in [0.25, 0.3) is 22.0 Å². The Morgan fingerprint density at radius 1 is 0.978 bits per heavy atom. The maximum atomic E-state index is 14.4. The Labute approximate surface area is 276 Å². The standard InChI is InChI=1S/C35H53N5O4Si2/c1-9-33(41)36-30-12-10-11-28(23-30)29-13-14-32-31(24-29)34(40(37-32)26-44-20-22-46(6,7)8)39(25-43-19-21-45(3,4)5)35(42)27-15-17-38(2)18-16-27/h9-14,23-24,27H,1,15-22,25-26H2,2-8H3,(H,36,41). The van der Waals surface area contributed by atoms with Crippen LogP contribution in [0.15, 0.2) is 55.1 Å². The number of benzene rings is 2. The first-order valence-electron chi connectivity index (χ1n) is 16.4. The molecular formula is C35H53N5O4Si2. The van der Waals surface area contributed by atoms with Gasteiger partial charge in [0.15, 0.2) is 0 Å². The molecule has 0 aliphatic carbocycles. The van der Waals surface area contributed by atoms with Gasteiger partial charge in [0.05, 0.1) is 5.52 Å². The smallest absolute Gasteiger partial charge is 0.247 e. The first kappa shape index (κ1) is 35.8. The molecule has 9 nitrogen and oxygen atoms in total. The summed E-state index contributed by atoms with van der Waals surface area (Å²) in [6, 6.07) is 15.9. The maximum Gasteiger partial charge on any atom is 0.247 e. The third-order valence-electron chi connectivity index (χ3n) is 8.38. The highest BCUT2D eigenvalue weighted by molar-refractivity contribution is 6.76. The van der Waals surface area contributed by atoms with Crippen LogP contribution >= 0.6 is 0 Å². The molecule has 1 aliphatic rings. The highest BCUT2D eigenvalue weighted by atomic mass is 28.3. The van der Waals surface area contributed by atoms with Gasteiger partial charge in [-0.15, -0.1) is 0 Å². The topological polar surface area (TPSA) is 88.9 Å². The molecule has 1 saturated heterocycles. The Morgan fingerprint density at radius 3 is 2.28 bits per heavy atom. The Hall–Kier alpha value is -3.10. The lowest BCUT2D eigenvalue weighted by atomic mass is 9.95. The molecule has 0 unspecified atom stereocenters. The van der Waals surface area contributed by atoms with E-state index in [2.05, 4.69) is 69.2 Å². The molecule has 1 aliphatic heterocycles. The van der Waals surface area contributed by atoms with Crippen LogP contribution < -0.4 is 10.2 Å². The highest BCUT2D eigenvalue weighted by Crippen LogP contribution is 2.34. The predicted octanol–water partition coefficient (Wildman–Crippen LogP) is 7.13. The van der Waals surface area contributed by atoms with Gasteiger partial charge in [0.2, 0.25) is 11.8 Å². The molecule has 4 rings (SSSR count). The van der Waals surface area contributed by atoms with E-state index in [1.807, 2.05) is 46.0 Å². The Bertz CT molecular complexity index is 1500. The molecule has 2 aromatic carbocycles. The van der Waals surface area contributed by atoms with Crippen molar-refractivity contribution in [2.45, 2.75) is 70.9 Å². The summed E-state index contributed by atoms with van der Waals surface area (Å²) in [5, 5.41) is 8.67. The van der Waals surface area contributed by atoms with Gasteiger partial charge in [-0.1, -0.05) is 64.1 Å². The zero-order valence-corrected chi connectivity index (χ0v) is 30.9. The lowest BCUT2D eigenvalue weighted by molar-refractivity contribution is -0.125. The van der Waals surface area contributed by atoms with Gasteiger partial charge in [0, 0.05) is 46.4 Å². The number of ether oxygens (including phenoxy) is 2. The molecule has 2 amide bonds. The number of rotatable bonds is 15. The summed E-state index contributed by atoms with van der Waals surface area (Å²) in [6.07, 6.45) is 2.88. The number of fused-ring (bicyclic) bond motifs is 1. The fourth-order valence-electron chi connectivity index (χ4n) is 5.41. The van der Waals surface area contributed by atoms with Crippen molar-refractivity contribution in [1.29, 1.82) is 0 Å². The summed E-state index contributed by atoms with van der Waals surface area (Å²) in [5.74, 6) is 0.433. The Kier molecular flexibility index (Phi) is 12.2. The van der Waals surface area contributed by atoms with Crippen LogP contribution in [-0.4, -0.2) is 82.7 Å². The summed E-state index contributed by atoms with van der Waals surface area (Å²) in [5.41, 5.74) is 3.36. The lowest BCUT2D eigenvalue weighted by Gasteiger charge is -2.32. The molecule has 0 atom stereocenters. The number of amides is 2. The van der Waals surface area contributed by atoms with Gasteiger partial charge >= 0.3 is 0 Å². The number of nitrogens with one attached hydrogen (secondary N) is 1. The fourth-order valence-corrected chi connectivity index (χ4v) is 6.92. The number of aromatic nitrogens is 2. The van der Waals surface area contributed by atoms with E-state index in [9.17, 15) is 9.59 Å². The summed E-state index contributed by atoms with van der Waals surface area (Å²) in [6.45, 7) is 21.0. The molecule has 2 heterocycles. The largest absolute Gasteiger partial charge is 0.361 e. The van der Waals surface area contributed by atoms with Crippen LogP contribution in [0.3, 0.4) is 0 Å². The molecule has 1 N–H and O–H groups in total. The highest BCUT2D eigenvalue weighted by Gasteiger charge is 2.32. The molecule has 0 spiro atoms. The van der Waals surface area contributed by atoms with Gasteiger partial charge in [-0.05, 0) is 86.5 Å². The molecule has 11 heteroatoms. The molecule has 0 radical (unpaired) electrons. The monoisotopic (exact) mass is 663 g/mol. The zero-order chi connectivity index (χ0) is 33.5. The van der Waals surface area contributed by atoms with Crippen molar-refractivity contribution in [3.8, 4) is 11.1 Å². The average molecular weight is 664 g/mol. The lowest BCUT2D eigenvalue weighted by Crippen LogP contribution is -2.43. The Balaban J connectivity index is 1.76. The van der Waals surface area contributed by atoms with E-state index in [-0.39, 0.29) is 31.2 Å². The van der Waals surface area contributed by atoms with Crippen molar-refractivity contribution in [2.75, 3.05) is 50.3 Å². The molecule has 1 fully saturated rings. The van der Waals surface area contributed by atoms with Crippen molar-refractivity contribution in [1.82, 2.24) is 14.7 Å². The number of hydrogen-bond acceptors (Lipinski definition) is 6. The van der Waals surface area contributed by atoms with E-state index in [4.69, 9.17) is 14.6 Å². The van der Waals surface area contributed by atoms with Gasteiger partial charge in [-0.25, -0.2) is 4.68 Å². The van der Waals surface area contributed by atoms with E-state index >= 15 is 0 Å². The van der Waals surface area contributed by atoms with Crippen molar-refractivity contribution in [3.05, 3.63) is 55.1 Å². The molecule has 250 valence electrons. The number of anilines is 2. The van der Waals surface area contributed by atoms with Crippen LogP contribution in [0, 0.1) is 5.92 Å². The molecule has 0 saturated carbocycles. The number of hydrogen-bond donors (Lipinski definition) is 1. The van der Waals surface area contributed by atoms with Gasteiger partial charge in [-0.2, -0.15) is 5.10 Å². The van der Waals surface area contributed by atoms with E-state index in [1.165, 1.54) is 6.08 Å². The van der Waals surface area contributed by atoms with E-state index in [1.54, 1.807) is 0 Å². The average Bonchev–Trinajstić information content (AvgIpc) is 3.35. The quantitative estimate of drug-likeness (QED) is 0.0806. The van der Waals surface area contributed by atoms with Crippen molar-refractivity contribution in [3.63, 3.8) is 0 Å². The van der Waals surface area contributed by atoms with Gasteiger partial charge < -0.3 is 19.7 Å². The predicted molar refractivity (Wildman–Crippen MR) is 195 cm³/mol. The minimum absolute atomic E-state index is 0.0748. The molecule has 1 aromatic heterocycles. The van der Waals surface area contributed by atoms with Gasteiger partial charge in [0.1, 0.15) is 19.3 Å². The van der Waals surface area contributed by atoms with Crippen molar-refractivity contribution >= 4 is 50.4 Å². The second-order valence-corrected chi connectivity index (χ2v) is 26.1.